The first kappa shape index (κ1) is 17.5. The Balaban J connectivity index is 1.14. The molecular formula is C23H34N3O+. The van der Waals surface area contributed by atoms with Gasteiger partial charge >= 0.3 is 0 Å². The third-order valence-corrected chi connectivity index (χ3v) is 7.78. The summed E-state index contributed by atoms with van der Waals surface area (Å²) in [6.45, 7) is 7.05. The fourth-order valence-electron chi connectivity index (χ4n) is 6.99. The van der Waals surface area contributed by atoms with Crippen molar-refractivity contribution in [2.75, 3.05) is 37.6 Å². The van der Waals surface area contributed by atoms with E-state index in [1.165, 1.54) is 54.7 Å². The van der Waals surface area contributed by atoms with Crippen LogP contribution in [0.15, 0.2) is 24.3 Å². The molecule has 4 nitrogen and oxygen atoms in total. The lowest BCUT2D eigenvalue weighted by Crippen LogP contribution is -3.16. The molecule has 0 unspecified atom stereocenters. The van der Waals surface area contributed by atoms with Crippen LogP contribution in [-0.2, 0) is 4.79 Å². The van der Waals surface area contributed by atoms with E-state index in [0.29, 0.717) is 12.5 Å². The zero-order valence-corrected chi connectivity index (χ0v) is 16.7. The number of quaternary nitrogens is 1. The van der Waals surface area contributed by atoms with Crippen molar-refractivity contribution in [1.82, 2.24) is 5.32 Å². The van der Waals surface area contributed by atoms with Crippen LogP contribution < -0.4 is 15.1 Å². The first-order valence-corrected chi connectivity index (χ1v) is 11.0. The fraction of sp³-hybridized carbons (Fsp3) is 0.696. The topological polar surface area (TPSA) is 36.8 Å². The van der Waals surface area contributed by atoms with Gasteiger partial charge in [0.15, 0.2) is 6.54 Å². The number of hydrogen-bond acceptors (Lipinski definition) is 2. The molecule has 5 aliphatic rings. The van der Waals surface area contributed by atoms with Crippen molar-refractivity contribution >= 4 is 11.6 Å². The fourth-order valence-corrected chi connectivity index (χ4v) is 6.99. The number of piperazine rings is 1. The van der Waals surface area contributed by atoms with E-state index in [2.05, 4.69) is 41.4 Å². The van der Waals surface area contributed by atoms with Crippen LogP contribution in [0.5, 0.6) is 0 Å². The minimum Gasteiger partial charge on any atom is -0.360 e. The van der Waals surface area contributed by atoms with Gasteiger partial charge in [-0.15, -0.1) is 0 Å². The SMILES string of the molecule is Cc1ccccc1N1CC[NH+](CC(=O)NC23CC4CC(CC(C4)C2)C3)CC1. The number of nitrogens with one attached hydrogen (secondary N) is 2. The minimum atomic E-state index is 0.161. The predicted octanol–water partition coefficient (Wildman–Crippen LogP) is 1.78. The molecule has 1 amide bonds. The van der Waals surface area contributed by atoms with Gasteiger partial charge in [-0.3, -0.25) is 4.79 Å². The van der Waals surface area contributed by atoms with E-state index in [4.69, 9.17) is 0 Å². The molecule has 0 radical (unpaired) electrons. The first-order chi connectivity index (χ1) is 13.1. The molecular weight excluding hydrogens is 334 g/mol. The number of benzene rings is 1. The third-order valence-electron chi connectivity index (χ3n) is 7.78. The maximum atomic E-state index is 12.9. The minimum absolute atomic E-state index is 0.161. The molecule has 5 fully saturated rings. The van der Waals surface area contributed by atoms with E-state index in [1.54, 1.807) is 0 Å². The maximum Gasteiger partial charge on any atom is 0.275 e. The summed E-state index contributed by atoms with van der Waals surface area (Å²) in [4.78, 5) is 16.8. The number of carbonyl (C=O) groups is 1. The highest BCUT2D eigenvalue weighted by Gasteiger charge is 2.51. The number of nitrogens with zero attached hydrogens (tertiary/aromatic N) is 1. The molecule has 1 aromatic carbocycles. The summed E-state index contributed by atoms with van der Waals surface area (Å²) in [6.07, 6.45) is 8.05. The standard InChI is InChI=1S/C23H33N3O/c1-17-4-2-3-5-21(17)26-8-6-25(7-9-26)16-22(27)24-23-13-18-10-19(14-23)12-20(11-18)15-23/h2-5,18-20H,6-16H2,1H3,(H,24,27)/p+1. The lowest BCUT2D eigenvalue weighted by molar-refractivity contribution is -0.892. The van der Waals surface area contributed by atoms with Crippen LogP contribution in [0.4, 0.5) is 5.69 Å². The molecule has 4 heteroatoms. The van der Waals surface area contributed by atoms with E-state index in [9.17, 15) is 4.79 Å². The Kier molecular flexibility index (Phi) is 4.42. The Morgan fingerprint density at radius 1 is 1.07 bits per heavy atom. The molecule has 0 atom stereocenters. The van der Waals surface area contributed by atoms with Gasteiger partial charge in [0.2, 0.25) is 0 Å². The van der Waals surface area contributed by atoms with Crippen molar-refractivity contribution in [3.8, 4) is 0 Å². The van der Waals surface area contributed by atoms with Gasteiger partial charge in [-0.2, -0.15) is 0 Å². The van der Waals surface area contributed by atoms with Gasteiger partial charge in [-0.1, -0.05) is 18.2 Å². The van der Waals surface area contributed by atoms with E-state index in [1.807, 2.05) is 0 Å². The molecule has 0 aromatic heterocycles. The summed E-state index contributed by atoms with van der Waals surface area (Å²) in [6, 6.07) is 8.64. The molecule has 4 saturated carbocycles. The molecule has 1 heterocycles. The average Bonchev–Trinajstić information content (AvgIpc) is 2.61. The lowest BCUT2D eigenvalue weighted by atomic mass is 9.53. The molecule has 0 spiro atoms. The number of anilines is 1. The highest BCUT2D eigenvalue weighted by atomic mass is 16.2. The molecule has 27 heavy (non-hydrogen) atoms. The van der Waals surface area contributed by atoms with Crippen molar-refractivity contribution in [2.24, 2.45) is 17.8 Å². The molecule has 6 rings (SSSR count). The Bertz CT molecular complexity index is 672. The number of rotatable bonds is 4. The van der Waals surface area contributed by atoms with Crippen LogP contribution >= 0.6 is 0 Å². The summed E-state index contributed by atoms with van der Waals surface area (Å²) in [5.41, 5.74) is 2.86. The van der Waals surface area contributed by atoms with Gasteiger partial charge in [-0.25, -0.2) is 0 Å². The van der Waals surface area contributed by atoms with Gasteiger partial charge in [0, 0.05) is 11.2 Å². The van der Waals surface area contributed by atoms with Crippen LogP contribution in [0, 0.1) is 24.7 Å². The summed E-state index contributed by atoms with van der Waals surface area (Å²) in [5.74, 6) is 2.97. The smallest absolute Gasteiger partial charge is 0.275 e. The molecule has 1 saturated heterocycles. The molecule has 1 aliphatic heterocycles. The highest BCUT2D eigenvalue weighted by Crippen LogP contribution is 2.55. The van der Waals surface area contributed by atoms with Gasteiger partial charge in [0.25, 0.3) is 5.91 Å². The van der Waals surface area contributed by atoms with Gasteiger partial charge in [0.05, 0.1) is 26.2 Å². The van der Waals surface area contributed by atoms with Crippen molar-refractivity contribution < 1.29 is 9.69 Å². The van der Waals surface area contributed by atoms with E-state index < -0.39 is 0 Å². The second-order valence-electron chi connectivity index (χ2n) is 9.95. The molecule has 146 valence electrons. The van der Waals surface area contributed by atoms with E-state index in [0.717, 1.165) is 43.9 Å². The third kappa shape index (κ3) is 3.49. The lowest BCUT2D eigenvalue weighted by Gasteiger charge is -2.56. The Labute approximate surface area is 163 Å². The van der Waals surface area contributed by atoms with Crippen molar-refractivity contribution in [3.05, 3.63) is 29.8 Å². The molecule has 1 aromatic rings. The zero-order valence-electron chi connectivity index (χ0n) is 16.7. The second-order valence-corrected chi connectivity index (χ2v) is 9.95. The van der Waals surface area contributed by atoms with E-state index in [-0.39, 0.29) is 5.54 Å². The summed E-state index contributed by atoms with van der Waals surface area (Å²) >= 11 is 0. The number of aryl methyl sites for hydroxylation is 1. The zero-order chi connectivity index (χ0) is 18.4. The largest absolute Gasteiger partial charge is 0.360 e. The van der Waals surface area contributed by atoms with Gasteiger partial charge < -0.3 is 15.1 Å². The number of amides is 1. The van der Waals surface area contributed by atoms with E-state index >= 15 is 0 Å². The molecule has 4 bridgehead atoms. The Morgan fingerprint density at radius 3 is 2.26 bits per heavy atom. The van der Waals surface area contributed by atoms with Crippen molar-refractivity contribution in [1.29, 1.82) is 0 Å². The van der Waals surface area contributed by atoms with Crippen LogP contribution in [0.3, 0.4) is 0 Å². The highest BCUT2D eigenvalue weighted by molar-refractivity contribution is 5.77. The van der Waals surface area contributed by atoms with Crippen LogP contribution in [0.25, 0.3) is 0 Å². The van der Waals surface area contributed by atoms with Crippen LogP contribution in [0.1, 0.15) is 44.1 Å². The maximum absolute atomic E-state index is 12.9. The van der Waals surface area contributed by atoms with Gasteiger partial charge in [0.1, 0.15) is 0 Å². The monoisotopic (exact) mass is 368 g/mol. The number of carbonyl (C=O) groups excluding carboxylic acids is 1. The second kappa shape index (κ2) is 6.80. The Morgan fingerprint density at radius 2 is 1.67 bits per heavy atom. The summed E-state index contributed by atoms with van der Waals surface area (Å²) < 4.78 is 0. The normalized spacial score (nSPS) is 35.4. The summed E-state index contributed by atoms with van der Waals surface area (Å²) in [7, 11) is 0. The average molecular weight is 369 g/mol. The molecule has 4 aliphatic carbocycles. The predicted molar refractivity (Wildman–Crippen MR) is 108 cm³/mol. The Hall–Kier alpha value is -1.55. The number of hydrogen-bond donors (Lipinski definition) is 2. The van der Waals surface area contributed by atoms with Crippen molar-refractivity contribution in [3.63, 3.8) is 0 Å². The van der Waals surface area contributed by atoms with Crippen LogP contribution in [0.2, 0.25) is 0 Å². The van der Waals surface area contributed by atoms with Crippen molar-refractivity contribution in [2.45, 2.75) is 51.0 Å². The van der Waals surface area contributed by atoms with Gasteiger partial charge in [-0.05, 0) is 74.8 Å². The van der Waals surface area contributed by atoms with Crippen LogP contribution in [-0.4, -0.2) is 44.2 Å². The summed E-state index contributed by atoms with van der Waals surface area (Å²) in [5, 5.41) is 3.55. The molecule has 2 N–H and O–H groups in total. The quantitative estimate of drug-likeness (QED) is 0.850. The first-order valence-electron chi connectivity index (χ1n) is 11.0. The number of para-hydroxylation sites is 1.